The van der Waals surface area contributed by atoms with E-state index in [2.05, 4.69) is 16.2 Å². The summed E-state index contributed by atoms with van der Waals surface area (Å²) in [6, 6.07) is 18.4. The van der Waals surface area contributed by atoms with Gasteiger partial charge in [0.05, 0.1) is 28.7 Å². The van der Waals surface area contributed by atoms with Crippen LogP contribution < -0.4 is 5.43 Å². The maximum atomic E-state index is 12.8. The van der Waals surface area contributed by atoms with Gasteiger partial charge in [-0.2, -0.15) is 5.26 Å². The van der Waals surface area contributed by atoms with Gasteiger partial charge >= 0.3 is 0 Å². The van der Waals surface area contributed by atoms with Crippen molar-refractivity contribution in [2.24, 2.45) is 0 Å². The molecule has 2 heterocycles. The van der Waals surface area contributed by atoms with Crippen LogP contribution in [-0.4, -0.2) is 14.6 Å². The van der Waals surface area contributed by atoms with Gasteiger partial charge < -0.3 is 0 Å². The topological polar surface area (TPSA) is 73.9 Å². The van der Waals surface area contributed by atoms with Crippen LogP contribution in [0.25, 0.3) is 28.2 Å². The number of nitrogens with zero attached hydrogens (tertiary/aromatic N) is 3. The number of H-pyrrole nitrogens is 1. The number of halogens is 1. The van der Waals surface area contributed by atoms with E-state index in [4.69, 9.17) is 16.9 Å². The molecule has 2 aromatic heterocycles. The third-order valence-corrected chi connectivity index (χ3v) is 5.29. The fraction of sp³-hybridized carbons (Fsp3) is 0.136. The maximum Gasteiger partial charge on any atom is 0.225 e. The number of nitrogens with one attached hydrogen (secondary N) is 1. The minimum absolute atomic E-state index is 0.139. The van der Waals surface area contributed by atoms with Crippen LogP contribution in [0.2, 0.25) is 5.02 Å². The minimum Gasteiger partial charge on any atom is -0.291 e. The van der Waals surface area contributed by atoms with Crippen molar-refractivity contribution in [2.75, 3.05) is 0 Å². The van der Waals surface area contributed by atoms with Crippen molar-refractivity contribution in [2.45, 2.75) is 18.8 Å². The normalized spacial score (nSPS) is 13.6. The molecular weight excluding hydrogens is 372 g/mol. The molecule has 0 unspecified atom stereocenters. The predicted octanol–water partition coefficient (Wildman–Crippen LogP) is 4.76. The van der Waals surface area contributed by atoms with Gasteiger partial charge in [0, 0.05) is 22.6 Å². The van der Waals surface area contributed by atoms with Crippen LogP contribution in [0.5, 0.6) is 0 Å². The zero-order valence-corrected chi connectivity index (χ0v) is 15.6. The molecule has 1 aliphatic carbocycles. The molecule has 1 saturated carbocycles. The minimum atomic E-state index is -0.139. The first-order chi connectivity index (χ1) is 13.6. The fourth-order valence-corrected chi connectivity index (χ4v) is 3.58. The first-order valence-electron chi connectivity index (χ1n) is 9.06. The highest BCUT2D eigenvalue weighted by Gasteiger charge is 2.31. The SMILES string of the molecule is N#Cc1ccc(-c2cc(=O)c3nc(C4CC4)c(-c4ccc(Cl)cc4)n3[nH]2)cc1. The number of hydrogen-bond acceptors (Lipinski definition) is 3. The average molecular weight is 387 g/mol. The lowest BCUT2D eigenvalue weighted by molar-refractivity contribution is 0.938. The largest absolute Gasteiger partial charge is 0.291 e. The third kappa shape index (κ3) is 2.79. The van der Waals surface area contributed by atoms with Crippen molar-refractivity contribution in [1.29, 1.82) is 5.26 Å². The number of aromatic nitrogens is 3. The molecule has 0 amide bonds. The molecule has 136 valence electrons. The Morgan fingerprint density at radius 2 is 1.75 bits per heavy atom. The third-order valence-electron chi connectivity index (χ3n) is 5.04. The molecule has 0 bridgehead atoms. The Labute approximate surface area is 165 Å². The Bertz CT molecular complexity index is 1290. The molecule has 28 heavy (non-hydrogen) atoms. The van der Waals surface area contributed by atoms with Gasteiger partial charge in [0.2, 0.25) is 11.1 Å². The van der Waals surface area contributed by atoms with Gasteiger partial charge in [0.25, 0.3) is 0 Å². The molecule has 0 aliphatic heterocycles. The zero-order valence-electron chi connectivity index (χ0n) is 14.8. The van der Waals surface area contributed by atoms with E-state index >= 15 is 0 Å². The average Bonchev–Trinajstić information content (AvgIpc) is 3.49. The Kier molecular flexibility index (Phi) is 3.81. The molecule has 0 spiro atoms. The lowest BCUT2D eigenvalue weighted by atomic mass is 10.1. The van der Waals surface area contributed by atoms with E-state index in [1.165, 1.54) is 0 Å². The second-order valence-corrected chi connectivity index (χ2v) is 7.45. The van der Waals surface area contributed by atoms with Gasteiger partial charge in [0.1, 0.15) is 0 Å². The van der Waals surface area contributed by atoms with Crippen molar-refractivity contribution >= 4 is 17.2 Å². The molecule has 1 fully saturated rings. The molecule has 5 nitrogen and oxygen atoms in total. The molecule has 1 aliphatic rings. The fourth-order valence-electron chi connectivity index (χ4n) is 3.46. The summed E-state index contributed by atoms with van der Waals surface area (Å²) >= 11 is 6.06. The second-order valence-electron chi connectivity index (χ2n) is 7.01. The predicted molar refractivity (Wildman–Crippen MR) is 108 cm³/mol. The van der Waals surface area contributed by atoms with Crippen molar-refractivity contribution in [3.63, 3.8) is 0 Å². The molecule has 0 radical (unpaired) electrons. The summed E-state index contributed by atoms with van der Waals surface area (Å²) < 4.78 is 1.78. The van der Waals surface area contributed by atoms with E-state index in [0.29, 0.717) is 27.8 Å². The van der Waals surface area contributed by atoms with E-state index in [0.717, 1.165) is 35.4 Å². The maximum absolute atomic E-state index is 12.8. The smallest absolute Gasteiger partial charge is 0.225 e. The summed E-state index contributed by atoms with van der Waals surface area (Å²) in [4.78, 5) is 17.5. The van der Waals surface area contributed by atoms with Crippen LogP contribution in [0.3, 0.4) is 0 Å². The molecular formula is C22H15ClN4O. The van der Waals surface area contributed by atoms with Gasteiger partial charge in [-0.1, -0.05) is 35.9 Å². The number of rotatable bonds is 3. The van der Waals surface area contributed by atoms with E-state index in [1.54, 1.807) is 22.7 Å². The number of hydrogen-bond donors (Lipinski definition) is 1. The van der Waals surface area contributed by atoms with Crippen LogP contribution in [-0.2, 0) is 0 Å². The number of nitriles is 1. The lowest BCUT2D eigenvalue weighted by Gasteiger charge is -2.08. The van der Waals surface area contributed by atoms with Crippen molar-refractivity contribution < 1.29 is 0 Å². The van der Waals surface area contributed by atoms with E-state index < -0.39 is 0 Å². The first kappa shape index (κ1) is 16.8. The zero-order chi connectivity index (χ0) is 19.3. The summed E-state index contributed by atoms with van der Waals surface area (Å²) in [6.07, 6.45) is 2.17. The summed E-state index contributed by atoms with van der Waals surface area (Å²) in [7, 11) is 0. The molecule has 2 aromatic carbocycles. The van der Waals surface area contributed by atoms with Crippen LogP contribution in [0, 0.1) is 11.3 Å². The van der Waals surface area contributed by atoms with Crippen molar-refractivity contribution in [1.82, 2.24) is 14.6 Å². The summed E-state index contributed by atoms with van der Waals surface area (Å²) in [5, 5.41) is 13.0. The Morgan fingerprint density at radius 1 is 1.07 bits per heavy atom. The first-order valence-corrected chi connectivity index (χ1v) is 9.44. The monoisotopic (exact) mass is 386 g/mol. The van der Waals surface area contributed by atoms with Crippen LogP contribution >= 0.6 is 11.6 Å². The van der Waals surface area contributed by atoms with Crippen LogP contribution in [0.15, 0.2) is 59.4 Å². The summed E-state index contributed by atoms with van der Waals surface area (Å²) in [6.45, 7) is 0. The number of benzene rings is 2. The number of fused-ring (bicyclic) bond motifs is 1. The molecule has 6 heteroatoms. The van der Waals surface area contributed by atoms with Crippen molar-refractivity contribution in [3.8, 4) is 28.6 Å². The molecule has 4 aromatic rings. The van der Waals surface area contributed by atoms with Gasteiger partial charge in [-0.3, -0.25) is 9.89 Å². The standard InChI is InChI=1S/C22H15ClN4O/c23-17-9-7-16(8-10-17)21-20(15-5-6-15)25-22-19(28)11-18(26-27(21)22)14-3-1-13(12-24)2-4-14/h1-4,7-11,15,26H,5-6H2. The van der Waals surface area contributed by atoms with Gasteiger partial charge in [-0.05, 0) is 42.7 Å². The number of imidazole rings is 1. The molecule has 0 saturated heterocycles. The molecule has 0 atom stereocenters. The van der Waals surface area contributed by atoms with Gasteiger partial charge in [-0.25, -0.2) is 9.50 Å². The lowest BCUT2D eigenvalue weighted by Crippen LogP contribution is -2.09. The summed E-state index contributed by atoms with van der Waals surface area (Å²) in [5.74, 6) is 0.386. The van der Waals surface area contributed by atoms with Gasteiger partial charge in [-0.15, -0.1) is 0 Å². The Hall–Kier alpha value is -3.36. The molecule has 1 N–H and O–H groups in total. The van der Waals surface area contributed by atoms with Crippen LogP contribution in [0.1, 0.15) is 30.0 Å². The highest BCUT2D eigenvalue weighted by molar-refractivity contribution is 6.30. The van der Waals surface area contributed by atoms with Crippen molar-refractivity contribution in [3.05, 3.63) is 81.1 Å². The quantitative estimate of drug-likeness (QED) is 0.551. The van der Waals surface area contributed by atoms with Gasteiger partial charge in [0.15, 0.2) is 0 Å². The van der Waals surface area contributed by atoms with E-state index in [1.807, 2.05) is 36.4 Å². The van der Waals surface area contributed by atoms with Crippen LogP contribution in [0.4, 0.5) is 0 Å². The Morgan fingerprint density at radius 3 is 2.39 bits per heavy atom. The number of aromatic amines is 1. The Balaban J connectivity index is 1.76. The second kappa shape index (κ2) is 6.36. The highest BCUT2D eigenvalue weighted by Crippen LogP contribution is 2.44. The summed E-state index contributed by atoms with van der Waals surface area (Å²) in [5.41, 5.74) is 5.16. The molecule has 5 rings (SSSR count). The van der Waals surface area contributed by atoms with E-state index in [-0.39, 0.29) is 5.43 Å². The van der Waals surface area contributed by atoms with E-state index in [9.17, 15) is 4.79 Å². The highest BCUT2D eigenvalue weighted by atomic mass is 35.5.